The maximum absolute atomic E-state index is 12.6. The summed E-state index contributed by atoms with van der Waals surface area (Å²) in [6.45, 7) is 4.85. The first-order valence-corrected chi connectivity index (χ1v) is 8.81. The molecular weight excluding hydrogens is 368 g/mol. The minimum atomic E-state index is -0.621. The topological polar surface area (TPSA) is 133 Å². The number of nitrogen functional groups attached to an aromatic ring is 1. The molecule has 0 bridgehead atoms. The van der Waals surface area contributed by atoms with Crippen LogP contribution in [0.2, 0.25) is 0 Å². The van der Waals surface area contributed by atoms with Crippen LogP contribution in [0.1, 0.15) is 30.0 Å². The summed E-state index contributed by atoms with van der Waals surface area (Å²) in [6.07, 6.45) is 1.36. The molecule has 0 radical (unpaired) electrons. The van der Waals surface area contributed by atoms with Crippen molar-refractivity contribution in [2.75, 3.05) is 38.0 Å². The quantitative estimate of drug-likeness (QED) is 0.597. The Morgan fingerprint density at radius 2 is 2.07 bits per heavy atom. The predicted octanol–water partition coefficient (Wildman–Crippen LogP) is 0.807. The van der Waals surface area contributed by atoms with Crippen molar-refractivity contribution < 1.29 is 18.7 Å². The second kappa shape index (κ2) is 9.27. The Morgan fingerprint density at radius 3 is 2.68 bits per heavy atom. The molecule has 2 aromatic rings. The second-order valence-corrected chi connectivity index (χ2v) is 6.66. The van der Waals surface area contributed by atoms with E-state index in [-0.39, 0.29) is 42.7 Å². The standard InChI is InChI=1S/C18H26N4O6/c1-11(2)9-22-15(19)14(16(23)20-18(22)25)21(6-8-26-3)10-13-12(5-7-28-13)17(24)27-4/h5,7,11H,6,8-10,19H2,1-4H3,(H,20,23,25). The Kier molecular flexibility index (Phi) is 7.05. The Bertz CT molecular complexity index is 927. The van der Waals surface area contributed by atoms with Crippen molar-refractivity contribution in [3.05, 3.63) is 44.5 Å². The Labute approximate surface area is 161 Å². The maximum Gasteiger partial charge on any atom is 0.341 e. The number of esters is 1. The maximum atomic E-state index is 12.6. The predicted molar refractivity (Wildman–Crippen MR) is 104 cm³/mol. The van der Waals surface area contributed by atoms with Crippen molar-refractivity contribution >= 4 is 17.5 Å². The number of methoxy groups -OCH3 is 2. The van der Waals surface area contributed by atoms with Gasteiger partial charge >= 0.3 is 11.7 Å². The largest absolute Gasteiger partial charge is 0.467 e. The Hall–Kier alpha value is -3.01. The van der Waals surface area contributed by atoms with Crippen molar-refractivity contribution in [1.29, 1.82) is 0 Å². The molecule has 10 heteroatoms. The number of furan rings is 1. The molecule has 0 amide bonds. The molecule has 2 heterocycles. The normalized spacial score (nSPS) is 11.0. The molecule has 0 saturated carbocycles. The molecule has 0 aliphatic heterocycles. The minimum Gasteiger partial charge on any atom is -0.467 e. The van der Waals surface area contributed by atoms with Gasteiger partial charge in [-0.3, -0.25) is 14.3 Å². The zero-order valence-electron chi connectivity index (χ0n) is 16.5. The highest BCUT2D eigenvalue weighted by molar-refractivity contribution is 5.90. The molecule has 0 fully saturated rings. The number of H-pyrrole nitrogens is 1. The smallest absolute Gasteiger partial charge is 0.341 e. The highest BCUT2D eigenvalue weighted by Crippen LogP contribution is 2.22. The summed E-state index contributed by atoms with van der Waals surface area (Å²) in [5, 5.41) is 0. The number of carbonyl (C=O) groups is 1. The first-order valence-electron chi connectivity index (χ1n) is 8.81. The summed E-state index contributed by atoms with van der Waals surface area (Å²) in [6, 6.07) is 1.49. The van der Waals surface area contributed by atoms with E-state index in [2.05, 4.69) is 4.98 Å². The molecule has 154 valence electrons. The van der Waals surface area contributed by atoms with Gasteiger partial charge in [-0.1, -0.05) is 13.8 Å². The molecule has 0 unspecified atom stereocenters. The van der Waals surface area contributed by atoms with Crippen molar-refractivity contribution in [2.45, 2.75) is 26.9 Å². The molecule has 28 heavy (non-hydrogen) atoms. The molecular formula is C18H26N4O6. The third-order valence-electron chi connectivity index (χ3n) is 4.13. The van der Waals surface area contributed by atoms with E-state index >= 15 is 0 Å². The summed E-state index contributed by atoms with van der Waals surface area (Å²) in [4.78, 5) is 40.6. The third kappa shape index (κ3) is 4.63. The lowest BCUT2D eigenvalue weighted by Gasteiger charge is -2.25. The fourth-order valence-corrected chi connectivity index (χ4v) is 2.83. The van der Waals surface area contributed by atoms with Crippen LogP contribution in [-0.2, 0) is 22.6 Å². The van der Waals surface area contributed by atoms with E-state index in [1.807, 2.05) is 13.8 Å². The molecule has 0 aliphatic carbocycles. The average molecular weight is 394 g/mol. The van der Waals surface area contributed by atoms with Crippen LogP contribution in [0.3, 0.4) is 0 Å². The average Bonchev–Trinajstić information content (AvgIpc) is 3.10. The van der Waals surface area contributed by atoms with Crippen molar-refractivity contribution in [2.24, 2.45) is 5.92 Å². The van der Waals surface area contributed by atoms with Gasteiger partial charge in [0.05, 0.1) is 26.5 Å². The first-order chi connectivity index (χ1) is 13.3. The SMILES string of the molecule is COCCN(Cc1occc1C(=O)OC)c1c(N)n(CC(C)C)c(=O)[nH]c1=O. The molecule has 0 aliphatic rings. The summed E-state index contributed by atoms with van der Waals surface area (Å²) >= 11 is 0. The van der Waals surface area contributed by atoms with Gasteiger partial charge in [-0.15, -0.1) is 0 Å². The second-order valence-electron chi connectivity index (χ2n) is 6.66. The first kappa shape index (κ1) is 21.3. The fourth-order valence-electron chi connectivity index (χ4n) is 2.83. The molecule has 10 nitrogen and oxygen atoms in total. The van der Waals surface area contributed by atoms with Crippen molar-refractivity contribution in [3.63, 3.8) is 0 Å². The number of nitrogens with zero attached hydrogens (tertiary/aromatic N) is 2. The minimum absolute atomic E-state index is 0.0460. The third-order valence-corrected chi connectivity index (χ3v) is 4.13. The number of anilines is 2. The van der Waals surface area contributed by atoms with Gasteiger partial charge in [0.25, 0.3) is 5.56 Å². The van der Waals surface area contributed by atoms with Crippen LogP contribution in [0.5, 0.6) is 0 Å². The van der Waals surface area contributed by atoms with E-state index in [0.29, 0.717) is 12.3 Å². The lowest BCUT2D eigenvalue weighted by atomic mass is 10.2. The summed E-state index contributed by atoms with van der Waals surface area (Å²) in [7, 11) is 2.80. The monoisotopic (exact) mass is 394 g/mol. The Morgan fingerprint density at radius 1 is 1.36 bits per heavy atom. The molecule has 0 aromatic carbocycles. The van der Waals surface area contributed by atoms with E-state index in [1.165, 1.54) is 31.1 Å². The van der Waals surface area contributed by atoms with Crippen LogP contribution in [0, 0.1) is 5.92 Å². The van der Waals surface area contributed by atoms with Gasteiger partial charge in [0.15, 0.2) is 0 Å². The van der Waals surface area contributed by atoms with Crippen LogP contribution in [-0.4, -0.2) is 42.9 Å². The van der Waals surface area contributed by atoms with Crippen LogP contribution < -0.4 is 21.9 Å². The molecule has 3 N–H and O–H groups in total. The van der Waals surface area contributed by atoms with Crippen LogP contribution in [0.25, 0.3) is 0 Å². The van der Waals surface area contributed by atoms with Gasteiger partial charge < -0.3 is 24.5 Å². The lowest BCUT2D eigenvalue weighted by molar-refractivity contribution is 0.0598. The zero-order valence-corrected chi connectivity index (χ0v) is 16.5. The van der Waals surface area contributed by atoms with E-state index in [4.69, 9.17) is 19.6 Å². The number of carbonyl (C=O) groups excluding carboxylic acids is 1. The molecule has 0 atom stereocenters. The number of hydrogen-bond acceptors (Lipinski definition) is 8. The molecule has 2 rings (SSSR count). The van der Waals surface area contributed by atoms with Crippen molar-refractivity contribution in [3.8, 4) is 0 Å². The lowest BCUT2D eigenvalue weighted by Crippen LogP contribution is -2.40. The Balaban J connectivity index is 2.52. The van der Waals surface area contributed by atoms with E-state index < -0.39 is 17.2 Å². The molecule has 0 spiro atoms. The van der Waals surface area contributed by atoms with E-state index in [9.17, 15) is 14.4 Å². The number of hydrogen-bond donors (Lipinski definition) is 2. The zero-order chi connectivity index (χ0) is 20.8. The van der Waals surface area contributed by atoms with Gasteiger partial charge in [0.2, 0.25) is 0 Å². The van der Waals surface area contributed by atoms with Gasteiger partial charge in [-0.2, -0.15) is 0 Å². The van der Waals surface area contributed by atoms with Gasteiger partial charge in [-0.05, 0) is 12.0 Å². The van der Waals surface area contributed by atoms with Gasteiger partial charge in [0, 0.05) is 20.2 Å². The van der Waals surface area contributed by atoms with Crippen LogP contribution >= 0.6 is 0 Å². The number of rotatable bonds is 9. The fraction of sp³-hybridized carbons (Fsp3) is 0.500. The number of ether oxygens (including phenoxy) is 2. The summed E-state index contributed by atoms with van der Waals surface area (Å²) in [5.74, 6) is -0.0580. The van der Waals surface area contributed by atoms with Gasteiger partial charge in [0.1, 0.15) is 22.8 Å². The molecule has 0 saturated heterocycles. The van der Waals surface area contributed by atoms with Crippen LogP contribution in [0.15, 0.2) is 26.3 Å². The summed E-state index contributed by atoms with van der Waals surface area (Å²) in [5.41, 5.74) is 5.37. The number of nitrogens with one attached hydrogen (secondary N) is 1. The highest BCUT2D eigenvalue weighted by atomic mass is 16.5. The number of aromatic amines is 1. The summed E-state index contributed by atoms with van der Waals surface area (Å²) < 4.78 is 16.6. The highest BCUT2D eigenvalue weighted by Gasteiger charge is 2.23. The van der Waals surface area contributed by atoms with Crippen LogP contribution in [0.4, 0.5) is 11.5 Å². The molecule has 2 aromatic heterocycles. The van der Waals surface area contributed by atoms with E-state index in [0.717, 1.165) is 0 Å². The number of nitrogens with two attached hydrogens (primary N) is 1. The van der Waals surface area contributed by atoms with Crippen molar-refractivity contribution in [1.82, 2.24) is 9.55 Å². The van der Waals surface area contributed by atoms with Gasteiger partial charge in [-0.25, -0.2) is 9.59 Å². The van der Waals surface area contributed by atoms with E-state index in [1.54, 1.807) is 4.90 Å². The number of aromatic nitrogens is 2.